The number of carbonyl (C=O) groups excluding carboxylic acids is 1. The van der Waals surface area contributed by atoms with Gasteiger partial charge in [0.2, 0.25) is 5.91 Å². The van der Waals surface area contributed by atoms with E-state index in [-0.39, 0.29) is 6.10 Å². The third kappa shape index (κ3) is 2.07. The molecular formula is C10H18N2O2. The maximum atomic E-state index is 11.8. The Morgan fingerprint density at radius 3 is 2.86 bits per heavy atom. The molecule has 0 aromatic heterocycles. The van der Waals surface area contributed by atoms with Gasteiger partial charge in [0.15, 0.2) is 0 Å². The lowest BCUT2D eigenvalue weighted by atomic mass is 9.99. The Hall–Kier alpha value is -0.610. The van der Waals surface area contributed by atoms with Gasteiger partial charge in [-0.2, -0.15) is 0 Å². The molecule has 80 valence electrons. The highest BCUT2D eigenvalue weighted by molar-refractivity contribution is 5.77. The quantitative estimate of drug-likeness (QED) is 0.685. The summed E-state index contributed by atoms with van der Waals surface area (Å²) in [5.41, 5.74) is 0. The molecule has 1 atom stereocenters. The minimum absolute atomic E-state index is 0.262. The fourth-order valence-electron chi connectivity index (χ4n) is 2.02. The second-order valence-corrected chi connectivity index (χ2v) is 4.21. The van der Waals surface area contributed by atoms with Gasteiger partial charge in [-0.1, -0.05) is 0 Å². The molecule has 0 aromatic carbocycles. The van der Waals surface area contributed by atoms with Gasteiger partial charge >= 0.3 is 0 Å². The molecule has 0 spiro atoms. The van der Waals surface area contributed by atoms with E-state index >= 15 is 0 Å². The lowest BCUT2D eigenvalue weighted by Gasteiger charge is -2.28. The average Bonchev–Trinajstić information content (AvgIpc) is 2.59. The summed E-state index contributed by atoms with van der Waals surface area (Å²) in [5, 5.41) is 3.18. The fourth-order valence-corrected chi connectivity index (χ4v) is 2.02. The van der Waals surface area contributed by atoms with E-state index in [1.54, 1.807) is 7.11 Å². The van der Waals surface area contributed by atoms with Crippen LogP contribution >= 0.6 is 0 Å². The van der Waals surface area contributed by atoms with E-state index in [1.807, 2.05) is 4.90 Å². The maximum Gasteiger partial charge on any atom is 0.223 e. The van der Waals surface area contributed by atoms with E-state index in [2.05, 4.69) is 5.32 Å². The van der Waals surface area contributed by atoms with Gasteiger partial charge in [-0.15, -0.1) is 0 Å². The molecule has 2 aliphatic heterocycles. The molecule has 0 aromatic rings. The zero-order chi connectivity index (χ0) is 9.97. The van der Waals surface area contributed by atoms with Gasteiger partial charge in [0.1, 0.15) is 0 Å². The number of nitrogens with zero attached hydrogens (tertiary/aromatic N) is 1. The Morgan fingerprint density at radius 1 is 1.57 bits per heavy atom. The largest absolute Gasteiger partial charge is 0.380 e. The van der Waals surface area contributed by atoms with Crippen LogP contribution in [0.5, 0.6) is 0 Å². The van der Waals surface area contributed by atoms with Crippen molar-refractivity contribution in [3.8, 4) is 0 Å². The van der Waals surface area contributed by atoms with Gasteiger partial charge in [0.05, 0.1) is 6.10 Å². The average molecular weight is 198 g/mol. The number of amides is 1. The molecule has 0 saturated carbocycles. The molecule has 0 radical (unpaired) electrons. The molecule has 2 heterocycles. The van der Waals surface area contributed by atoms with Crippen LogP contribution in [0.15, 0.2) is 0 Å². The number of nitrogens with one attached hydrogen (secondary N) is 1. The van der Waals surface area contributed by atoms with E-state index < -0.39 is 0 Å². The first-order valence-corrected chi connectivity index (χ1v) is 5.31. The van der Waals surface area contributed by atoms with Crippen molar-refractivity contribution in [2.45, 2.75) is 18.9 Å². The summed E-state index contributed by atoms with van der Waals surface area (Å²) in [6.07, 6.45) is 1.97. The first kappa shape index (κ1) is 9.93. The zero-order valence-electron chi connectivity index (χ0n) is 8.66. The topological polar surface area (TPSA) is 41.6 Å². The number of ether oxygens (including phenoxy) is 1. The summed E-state index contributed by atoms with van der Waals surface area (Å²) in [5.74, 6) is 0.875. The number of likely N-dealkylation sites (tertiary alicyclic amines) is 1. The van der Waals surface area contributed by atoms with Gasteiger partial charge in [-0.25, -0.2) is 0 Å². The summed E-state index contributed by atoms with van der Waals surface area (Å²) >= 11 is 0. The van der Waals surface area contributed by atoms with Crippen molar-refractivity contribution in [1.29, 1.82) is 0 Å². The highest BCUT2D eigenvalue weighted by Gasteiger charge is 2.28. The normalized spacial score (nSPS) is 27.8. The summed E-state index contributed by atoms with van der Waals surface area (Å²) < 4.78 is 5.23. The Labute approximate surface area is 84.6 Å². The second-order valence-electron chi connectivity index (χ2n) is 4.21. The molecule has 2 saturated heterocycles. The molecule has 1 N–H and O–H groups in total. The van der Waals surface area contributed by atoms with Crippen LogP contribution in [0.4, 0.5) is 0 Å². The van der Waals surface area contributed by atoms with Gasteiger partial charge in [0.25, 0.3) is 0 Å². The smallest absolute Gasteiger partial charge is 0.223 e. The van der Waals surface area contributed by atoms with E-state index in [0.29, 0.717) is 18.2 Å². The minimum Gasteiger partial charge on any atom is -0.380 e. The van der Waals surface area contributed by atoms with Crippen LogP contribution in [0, 0.1) is 5.92 Å². The molecule has 4 heteroatoms. The summed E-state index contributed by atoms with van der Waals surface area (Å²) in [6.45, 7) is 3.67. The van der Waals surface area contributed by atoms with Crippen molar-refractivity contribution >= 4 is 5.91 Å². The Kier molecular flexibility index (Phi) is 3.03. The Morgan fingerprint density at radius 2 is 2.36 bits per heavy atom. The Bertz CT molecular complexity index is 216. The van der Waals surface area contributed by atoms with Crippen molar-refractivity contribution < 1.29 is 9.53 Å². The Balaban J connectivity index is 1.74. The van der Waals surface area contributed by atoms with E-state index in [9.17, 15) is 4.79 Å². The number of rotatable bonds is 3. The van der Waals surface area contributed by atoms with Crippen molar-refractivity contribution in [2.24, 2.45) is 5.92 Å². The molecular weight excluding hydrogens is 180 g/mol. The monoisotopic (exact) mass is 198 g/mol. The lowest BCUT2D eigenvalue weighted by Crippen LogP contribution is -2.45. The number of carbonyl (C=O) groups is 1. The van der Waals surface area contributed by atoms with Crippen LogP contribution in [-0.2, 0) is 9.53 Å². The number of hydrogen-bond donors (Lipinski definition) is 1. The summed E-state index contributed by atoms with van der Waals surface area (Å²) in [7, 11) is 1.72. The van der Waals surface area contributed by atoms with Crippen LogP contribution < -0.4 is 5.32 Å². The van der Waals surface area contributed by atoms with E-state index in [1.165, 1.54) is 0 Å². The zero-order valence-corrected chi connectivity index (χ0v) is 8.66. The van der Waals surface area contributed by atoms with E-state index in [0.717, 1.165) is 32.6 Å². The molecule has 4 nitrogen and oxygen atoms in total. The number of methoxy groups -OCH3 is 1. The molecule has 2 fully saturated rings. The van der Waals surface area contributed by atoms with Gasteiger partial charge < -0.3 is 15.0 Å². The van der Waals surface area contributed by atoms with Gasteiger partial charge in [0, 0.05) is 26.6 Å². The molecule has 1 amide bonds. The standard InChI is InChI=1S/C10H18N2O2/c1-14-9-2-3-12(7-9)10(13)4-8-5-11-6-8/h8-9,11H,2-7H2,1H3. The van der Waals surface area contributed by atoms with Crippen LogP contribution in [0.3, 0.4) is 0 Å². The van der Waals surface area contributed by atoms with Crippen molar-refractivity contribution in [2.75, 3.05) is 33.3 Å². The minimum atomic E-state index is 0.262. The van der Waals surface area contributed by atoms with Crippen LogP contribution in [0.1, 0.15) is 12.8 Å². The number of hydrogen-bond acceptors (Lipinski definition) is 3. The highest BCUT2D eigenvalue weighted by Crippen LogP contribution is 2.16. The summed E-state index contributed by atoms with van der Waals surface area (Å²) in [6, 6.07) is 0. The van der Waals surface area contributed by atoms with Crippen LogP contribution in [0.25, 0.3) is 0 Å². The predicted molar refractivity (Wildman–Crippen MR) is 53.0 cm³/mol. The van der Waals surface area contributed by atoms with Crippen LogP contribution in [-0.4, -0.2) is 50.2 Å². The first-order chi connectivity index (χ1) is 6.79. The van der Waals surface area contributed by atoms with Crippen molar-refractivity contribution in [3.63, 3.8) is 0 Å². The second kappa shape index (κ2) is 4.28. The SMILES string of the molecule is COC1CCN(C(=O)CC2CNC2)C1. The predicted octanol–water partition coefficient (Wildman–Crippen LogP) is -0.157. The molecule has 1 unspecified atom stereocenters. The first-order valence-electron chi connectivity index (χ1n) is 5.31. The highest BCUT2D eigenvalue weighted by atomic mass is 16.5. The summed E-state index contributed by atoms with van der Waals surface area (Å²) in [4.78, 5) is 13.7. The molecule has 2 rings (SSSR count). The van der Waals surface area contributed by atoms with E-state index in [4.69, 9.17) is 4.74 Å². The fraction of sp³-hybridized carbons (Fsp3) is 0.900. The van der Waals surface area contributed by atoms with Crippen molar-refractivity contribution in [1.82, 2.24) is 10.2 Å². The van der Waals surface area contributed by atoms with Crippen LogP contribution in [0.2, 0.25) is 0 Å². The van der Waals surface area contributed by atoms with Gasteiger partial charge in [-0.05, 0) is 25.4 Å². The lowest BCUT2D eigenvalue weighted by molar-refractivity contribution is -0.131. The third-order valence-electron chi connectivity index (χ3n) is 3.16. The molecule has 14 heavy (non-hydrogen) atoms. The molecule has 2 aliphatic rings. The molecule has 0 aliphatic carbocycles. The third-order valence-corrected chi connectivity index (χ3v) is 3.16. The molecule has 0 bridgehead atoms. The van der Waals surface area contributed by atoms with Crippen molar-refractivity contribution in [3.05, 3.63) is 0 Å². The van der Waals surface area contributed by atoms with Gasteiger partial charge in [-0.3, -0.25) is 4.79 Å². The maximum absolute atomic E-state index is 11.8.